The number of ether oxygens (including phenoxy) is 1. The maximum absolute atomic E-state index is 13.0. The largest absolute Gasteiger partial charge is 0.496 e. The quantitative estimate of drug-likeness (QED) is 0.567. The van der Waals surface area contributed by atoms with Gasteiger partial charge in [0.05, 0.1) is 12.5 Å². The number of nitrogens with two attached hydrogens (primary N) is 1. The molecule has 5 heteroatoms. The molecule has 0 saturated carbocycles. The zero-order valence-electron chi connectivity index (χ0n) is 19.0. The molecule has 0 radical (unpaired) electrons. The molecule has 170 valence electrons. The van der Waals surface area contributed by atoms with E-state index in [-0.39, 0.29) is 11.8 Å². The van der Waals surface area contributed by atoms with E-state index >= 15 is 0 Å². The number of nitrogens with zero attached hydrogens (tertiary/aromatic N) is 1. The molecule has 3 aromatic rings. The van der Waals surface area contributed by atoms with Crippen LogP contribution in [-0.2, 0) is 22.4 Å². The van der Waals surface area contributed by atoms with E-state index in [9.17, 15) is 9.59 Å². The minimum atomic E-state index is -0.759. The van der Waals surface area contributed by atoms with Crippen molar-refractivity contribution < 1.29 is 14.3 Å². The number of primary amides is 1. The van der Waals surface area contributed by atoms with Crippen LogP contribution in [0.15, 0.2) is 78.9 Å². The van der Waals surface area contributed by atoms with Crippen LogP contribution in [0.2, 0.25) is 0 Å². The third kappa shape index (κ3) is 4.92. The summed E-state index contributed by atoms with van der Waals surface area (Å²) in [5, 5.41) is 0. The lowest BCUT2D eigenvalue weighted by Crippen LogP contribution is -2.42. The van der Waals surface area contributed by atoms with Crippen molar-refractivity contribution in [1.82, 2.24) is 4.90 Å². The van der Waals surface area contributed by atoms with Gasteiger partial charge in [0.2, 0.25) is 11.8 Å². The summed E-state index contributed by atoms with van der Waals surface area (Å²) >= 11 is 0. The maximum Gasteiger partial charge on any atom is 0.225 e. The number of aryl methyl sites for hydroxylation is 1. The van der Waals surface area contributed by atoms with Crippen molar-refractivity contribution >= 4 is 11.8 Å². The van der Waals surface area contributed by atoms with E-state index in [1.807, 2.05) is 54.6 Å². The number of carbonyl (C=O) groups is 2. The molecular weight excluding hydrogens is 412 g/mol. The van der Waals surface area contributed by atoms with Gasteiger partial charge in [-0.25, -0.2) is 0 Å². The second kappa shape index (κ2) is 9.90. The van der Waals surface area contributed by atoms with Gasteiger partial charge in [0.15, 0.2) is 0 Å². The molecule has 0 unspecified atom stereocenters. The Morgan fingerprint density at radius 2 is 1.61 bits per heavy atom. The first-order chi connectivity index (χ1) is 16.0. The Kier molecular flexibility index (Phi) is 6.78. The third-order valence-electron chi connectivity index (χ3n) is 6.66. The van der Waals surface area contributed by atoms with Crippen LogP contribution in [0.3, 0.4) is 0 Å². The first-order valence-electron chi connectivity index (χ1n) is 11.4. The molecule has 1 fully saturated rings. The summed E-state index contributed by atoms with van der Waals surface area (Å²) in [6.45, 7) is 0.900. The van der Waals surface area contributed by atoms with Crippen LogP contribution in [0, 0.1) is 5.41 Å². The molecule has 1 saturated heterocycles. The highest BCUT2D eigenvalue weighted by Gasteiger charge is 2.45. The van der Waals surface area contributed by atoms with E-state index in [1.165, 1.54) is 0 Å². The number of hydrogen-bond donors (Lipinski definition) is 1. The summed E-state index contributed by atoms with van der Waals surface area (Å²) in [4.78, 5) is 27.5. The first kappa shape index (κ1) is 22.6. The number of amides is 2. The fourth-order valence-corrected chi connectivity index (χ4v) is 4.77. The van der Waals surface area contributed by atoms with Crippen molar-refractivity contribution in [2.45, 2.75) is 25.7 Å². The van der Waals surface area contributed by atoms with E-state index < -0.39 is 5.41 Å². The number of likely N-dealkylation sites (tertiary alicyclic amines) is 1. The molecule has 1 aliphatic rings. The van der Waals surface area contributed by atoms with Gasteiger partial charge in [-0.1, -0.05) is 72.8 Å². The second-order valence-corrected chi connectivity index (χ2v) is 8.72. The summed E-state index contributed by atoms with van der Waals surface area (Å²) < 4.78 is 5.40. The summed E-state index contributed by atoms with van der Waals surface area (Å²) in [6.07, 6.45) is 2.06. The van der Waals surface area contributed by atoms with Gasteiger partial charge in [-0.15, -0.1) is 0 Å². The highest BCUT2D eigenvalue weighted by atomic mass is 16.5. The summed E-state index contributed by atoms with van der Waals surface area (Å²) in [5.41, 5.74) is 9.47. The van der Waals surface area contributed by atoms with Gasteiger partial charge in [-0.2, -0.15) is 0 Å². The lowest BCUT2D eigenvalue weighted by atomic mass is 9.78. The maximum atomic E-state index is 13.0. The van der Waals surface area contributed by atoms with Crippen molar-refractivity contribution in [1.29, 1.82) is 0 Å². The Morgan fingerprint density at radius 3 is 2.33 bits per heavy atom. The number of para-hydroxylation sites is 1. The van der Waals surface area contributed by atoms with Crippen LogP contribution in [0.5, 0.6) is 5.75 Å². The van der Waals surface area contributed by atoms with Crippen molar-refractivity contribution in [2.24, 2.45) is 11.1 Å². The molecule has 4 rings (SSSR count). The topological polar surface area (TPSA) is 72.6 Å². The molecule has 1 aliphatic heterocycles. The molecule has 1 heterocycles. The monoisotopic (exact) mass is 442 g/mol. The fraction of sp³-hybridized carbons (Fsp3) is 0.286. The molecule has 0 bridgehead atoms. The predicted octanol–water partition coefficient (Wildman–Crippen LogP) is 4.24. The number of hydrogen-bond acceptors (Lipinski definition) is 3. The molecule has 0 spiro atoms. The fourth-order valence-electron chi connectivity index (χ4n) is 4.77. The van der Waals surface area contributed by atoms with Gasteiger partial charge < -0.3 is 15.4 Å². The van der Waals surface area contributed by atoms with Gasteiger partial charge in [0.25, 0.3) is 0 Å². The van der Waals surface area contributed by atoms with E-state index in [2.05, 4.69) is 24.3 Å². The van der Waals surface area contributed by atoms with Crippen molar-refractivity contribution in [3.8, 4) is 16.9 Å². The average Bonchev–Trinajstić information content (AvgIpc) is 3.29. The molecule has 1 atom stereocenters. The van der Waals surface area contributed by atoms with E-state index in [4.69, 9.17) is 10.5 Å². The van der Waals surface area contributed by atoms with Gasteiger partial charge in [-0.05, 0) is 47.6 Å². The second-order valence-electron chi connectivity index (χ2n) is 8.72. The lowest BCUT2D eigenvalue weighted by molar-refractivity contribution is -0.132. The molecule has 0 aromatic heterocycles. The minimum Gasteiger partial charge on any atom is -0.496 e. The summed E-state index contributed by atoms with van der Waals surface area (Å²) in [5.74, 6) is 0.487. The van der Waals surface area contributed by atoms with Crippen LogP contribution >= 0.6 is 0 Å². The Morgan fingerprint density at radius 1 is 0.939 bits per heavy atom. The van der Waals surface area contributed by atoms with Gasteiger partial charge >= 0.3 is 0 Å². The van der Waals surface area contributed by atoms with E-state index in [1.54, 1.807) is 12.0 Å². The van der Waals surface area contributed by atoms with E-state index in [0.717, 1.165) is 28.0 Å². The average molecular weight is 443 g/mol. The number of rotatable bonds is 8. The first-order valence-corrected chi connectivity index (χ1v) is 11.4. The van der Waals surface area contributed by atoms with Crippen molar-refractivity contribution in [3.63, 3.8) is 0 Å². The molecule has 33 heavy (non-hydrogen) atoms. The number of methoxy groups -OCH3 is 1. The highest BCUT2D eigenvalue weighted by Crippen LogP contribution is 2.37. The minimum absolute atomic E-state index is 0.0420. The van der Waals surface area contributed by atoms with Crippen molar-refractivity contribution in [2.75, 3.05) is 20.2 Å². The van der Waals surface area contributed by atoms with Crippen LogP contribution in [0.25, 0.3) is 11.1 Å². The standard InChI is InChI=1S/C28H30N2O3/c1-33-25-14-8-6-11-22(25)15-16-26(31)30-18-17-28(20-30,27(29)32)19-23-12-5-7-13-24(23)21-9-3-2-4-10-21/h2-14H,15-20H2,1H3,(H2,29,32)/t28-/m0/s1. The Hall–Kier alpha value is -3.60. The Bertz CT molecular complexity index is 1130. The zero-order valence-corrected chi connectivity index (χ0v) is 19.0. The highest BCUT2D eigenvalue weighted by molar-refractivity contribution is 5.85. The molecular formula is C28H30N2O3. The SMILES string of the molecule is COc1ccccc1CCC(=O)N1CC[C@@](Cc2ccccc2-c2ccccc2)(C(N)=O)C1. The summed E-state index contributed by atoms with van der Waals surface area (Å²) in [6, 6.07) is 26.0. The van der Waals surface area contributed by atoms with Crippen molar-refractivity contribution in [3.05, 3.63) is 90.0 Å². The van der Waals surface area contributed by atoms with Crippen LogP contribution in [0.4, 0.5) is 0 Å². The zero-order chi connectivity index (χ0) is 23.3. The molecule has 0 aliphatic carbocycles. The molecule has 2 N–H and O–H groups in total. The molecule has 2 amide bonds. The smallest absolute Gasteiger partial charge is 0.225 e. The summed E-state index contributed by atoms with van der Waals surface area (Å²) in [7, 11) is 1.63. The van der Waals surface area contributed by atoms with Crippen LogP contribution < -0.4 is 10.5 Å². The van der Waals surface area contributed by atoms with Gasteiger partial charge in [-0.3, -0.25) is 9.59 Å². The number of benzene rings is 3. The Labute approximate surface area is 195 Å². The normalized spacial score (nSPS) is 17.7. The molecule has 3 aromatic carbocycles. The Balaban J connectivity index is 1.49. The van der Waals surface area contributed by atoms with Gasteiger partial charge in [0.1, 0.15) is 5.75 Å². The van der Waals surface area contributed by atoms with Crippen LogP contribution in [-0.4, -0.2) is 36.9 Å². The lowest BCUT2D eigenvalue weighted by Gasteiger charge is -2.27. The predicted molar refractivity (Wildman–Crippen MR) is 130 cm³/mol. The number of carbonyl (C=O) groups excluding carboxylic acids is 2. The van der Waals surface area contributed by atoms with Crippen LogP contribution in [0.1, 0.15) is 24.0 Å². The van der Waals surface area contributed by atoms with Gasteiger partial charge in [0, 0.05) is 19.5 Å². The third-order valence-corrected chi connectivity index (χ3v) is 6.66. The molecule has 5 nitrogen and oxygen atoms in total. The van der Waals surface area contributed by atoms with E-state index in [0.29, 0.717) is 38.8 Å².